The average molecular weight is 400 g/mol. The third-order valence-corrected chi connectivity index (χ3v) is 5.20. The number of hydrogen-bond acceptors (Lipinski definition) is 4. The maximum Gasteiger partial charge on any atom is 0.193 e. The minimum absolute atomic E-state index is 0.577. The van der Waals surface area contributed by atoms with Crippen LogP contribution in [0.15, 0.2) is 52.1 Å². The summed E-state index contributed by atoms with van der Waals surface area (Å²) in [6.07, 6.45) is 4.62. The Morgan fingerprint density at radius 2 is 2.10 bits per heavy atom. The predicted octanol–water partition coefficient (Wildman–Crippen LogP) is 3.38. The highest BCUT2D eigenvalue weighted by molar-refractivity contribution is 5.80. The minimum atomic E-state index is 0.577. The van der Waals surface area contributed by atoms with E-state index >= 15 is 0 Å². The molecule has 1 fully saturated rings. The van der Waals surface area contributed by atoms with Gasteiger partial charge in [-0.05, 0) is 49.6 Å². The molecular formula is C23H33N3O3. The zero-order valence-corrected chi connectivity index (χ0v) is 17.6. The van der Waals surface area contributed by atoms with Crippen molar-refractivity contribution in [3.05, 3.63) is 54.0 Å². The molecule has 1 aromatic heterocycles. The normalized spacial score (nSPS) is 17.0. The Bertz CT molecular complexity index is 728. The number of hydrogen-bond donors (Lipinski definition) is 1. The fourth-order valence-electron chi connectivity index (χ4n) is 3.55. The van der Waals surface area contributed by atoms with Gasteiger partial charge < -0.3 is 24.1 Å². The molecule has 6 heteroatoms. The maximum atomic E-state index is 5.62. The van der Waals surface area contributed by atoms with Crippen LogP contribution in [0, 0.1) is 5.92 Å². The first-order chi connectivity index (χ1) is 14.3. The third kappa shape index (κ3) is 6.82. The van der Waals surface area contributed by atoms with Crippen LogP contribution in [0.5, 0.6) is 5.75 Å². The number of likely N-dealkylation sites (tertiary alicyclic amines) is 1. The molecule has 29 heavy (non-hydrogen) atoms. The van der Waals surface area contributed by atoms with Crippen molar-refractivity contribution in [1.29, 1.82) is 0 Å². The van der Waals surface area contributed by atoms with Gasteiger partial charge in [-0.25, -0.2) is 0 Å². The summed E-state index contributed by atoms with van der Waals surface area (Å²) in [5.74, 6) is 3.43. The summed E-state index contributed by atoms with van der Waals surface area (Å²) in [5, 5.41) is 3.57. The number of rotatable bonds is 10. The molecule has 2 aromatic rings. The van der Waals surface area contributed by atoms with Crippen molar-refractivity contribution in [2.75, 3.05) is 46.5 Å². The van der Waals surface area contributed by atoms with Gasteiger partial charge in [0.15, 0.2) is 5.96 Å². The van der Waals surface area contributed by atoms with E-state index < -0.39 is 0 Å². The molecule has 0 spiro atoms. The molecule has 1 aromatic carbocycles. The number of methoxy groups -OCH3 is 1. The fourth-order valence-corrected chi connectivity index (χ4v) is 3.55. The zero-order valence-electron chi connectivity index (χ0n) is 17.6. The van der Waals surface area contributed by atoms with E-state index in [1.807, 2.05) is 24.3 Å². The Morgan fingerprint density at radius 3 is 2.83 bits per heavy atom. The second-order valence-corrected chi connectivity index (χ2v) is 7.32. The second-order valence-electron chi connectivity index (χ2n) is 7.32. The molecule has 0 radical (unpaired) electrons. The van der Waals surface area contributed by atoms with Crippen LogP contribution in [0.4, 0.5) is 0 Å². The van der Waals surface area contributed by atoms with Crippen LogP contribution in [-0.2, 0) is 17.6 Å². The lowest BCUT2D eigenvalue weighted by atomic mass is 10.1. The van der Waals surface area contributed by atoms with Gasteiger partial charge in [0.25, 0.3) is 0 Å². The van der Waals surface area contributed by atoms with E-state index in [1.54, 1.807) is 13.4 Å². The summed E-state index contributed by atoms with van der Waals surface area (Å²) in [6, 6.07) is 12.2. The first kappa shape index (κ1) is 21.2. The van der Waals surface area contributed by atoms with Crippen molar-refractivity contribution >= 4 is 5.96 Å². The van der Waals surface area contributed by atoms with E-state index in [0.29, 0.717) is 12.5 Å². The summed E-state index contributed by atoms with van der Waals surface area (Å²) < 4.78 is 16.3. The lowest BCUT2D eigenvalue weighted by Gasteiger charge is -2.22. The predicted molar refractivity (Wildman–Crippen MR) is 116 cm³/mol. The molecule has 0 bridgehead atoms. The van der Waals surface area contributed by atoms with Crippen molar-refractivity contribution in [2.24, 2.45) is 10.9 Å². The van der Waals surface area contributed by atoms with Gasteiger partial charge in [0.1, 0.15) is 11.5 Å². The Labute approximate surface area is 173 Å². The molecule has 0 saturated carbocycles. The smallest absolute Gasteiger partial charge is 0.193 e. The topological polar surface area (TPSA) is 59.2 Å². The largest absolute Gasteiger partial charge is 0.497 e. The second kappa shape index (κ2) is 11.5. The van der Waals surface area contributed by atoms with Gasteiger partial charge in [-0.2, -0.15) is 0 Å². The van der Waals surface area contributed by atoms with Gasteiger partial charge in [0.05, 0.1) is 20.0 Å². The highest BCUT2D eigenvalue weighted by Gasteiger charge is 2.25. The lowest BCUT2D eigenvalue weighted by molar-refractivity contribution is 0.114. The van der Waals surface area contributed by atoms with Crippen molar-refractivity contribution in [3.8, 4) is 5.75 Å². The minimum Gasteiger partial charge on any atom is -0.497 e. The van der Waals surface area contributed by atoms with Crippen LogP contribution < -0.4 is 10.1 Å². The Kier molecular flexibility index (Phi) is 8.43. The van der Waals surface area contributed by atoms with Gasteiger partial charge >= 0.3 is 0 Å². The van der Waals surface area contributed by atoms with Crippen LogP contribution in [0.2, 0.25) is 0 Å². The van der Waals surface area contributed by atoms with Crippen LogP contribution in [0.3, 0.4) is 0 Å². The van der Waals surface area contributed by atoms with Crippen molar-refractivity contribution in [2.45, 2.75) is 26.2 Å². The van der Waals surface area contributed by atoms with Gasteiger partial charge in [-0.15, -0.1) is 0 Å². The first-order valence-electron chi connectivity index (χ1n) is 10.5. The molecule has 2 heterocycles. The molecular weight excluding hydrogens is 366 g/mol. The number of nitrogens with zero attached hydrogens (tertiary/aromatic N) is 2. The fraction of sp³-hybridized carbons (Fsp3) is 0.522. The highest BCUT2D eigenvalue weighted by atomic mass is 16.5. The number of guanidine groups is 1. The lowest BCUT2D eigenvalue weighted by Crippen LogP contribution is -2.41. The number of ether oxygens (including phenoxy) is 2. The molecule has 1 aliphatic rings. The van der Waals surface area contributed by atoms with Gasteiger partial charge in [-0.3, -0.25) is 4.99 Å². The summed E-state index contributed by atoms with van der Waals surface area (Å²) in [6.45, 7) is 7.24. The van der Waals surface area contributed by atoms with E-state index in [2.05, 4.69) is 29.3 Å². The standard InChI is InChI=1S/C23H33N3O3/c1-3-28-18-20-12-15-26(17-20)23(25-14-11-22-5-4-16-29-22)24-13-10-19-6-8-21(27-2)9-7-19/h4-9,16,20H,3,10-15,17-18H2,1-2H3,(H,24,25). The zero-order chi connectivity index (χ0) is 20.3. The van der Waals surface area contributed by atoms with Gasteiger partial charge in [-0.1, -0.05) is 12.1 Å². The molecule has 158 valence electrons. The monoisotopic (exact) mass is 399 g/mol. The van der Waals surface area contributed by atoms with Crippen molar-refractivity contribution in [3.63, 3.8) is 0 Å². The van der Waals surface area contributed by atoms with Gasteiger partial charge in [0, 0.05) is 45.1 Å². The van der Waals surface area contributed by atoms with E-state index in [0.717, 1.165) is 69.6 Å². The Balaban J connectivity index is 1.54. The van der Waals surface area contributed by atoms with E-state index in [9.17, 15) is 0 Å². The average Bonchev–Trinajstić information content (AvgIpc) is 3.44. The third-order valence-electron chi connectivity index (χ3n) is 5.20. The summed E-state index contributed by atoms with van der Waals surface area (Å²) in [7, 11) is 1.69. The van der Waals surface area contributed by atoms with Crippen LogP contribution in [0.1, 0.15) is 24.7 Å². The van der Waals surface area contributed by atoms with E-state index in [4.69, 9.17) is 18.9 Å². The van der Waals surface area contributed by atoms with Crippen LogP contribution >= 0.6 is 0 Å². The number of furan rings is 1. The molecule has 1 saturated heterocycles. The van der Waals surface area contributed by atoms with E-state index in [1.165, 1.54) is 5.56 Å². The summed E-state index contributed by atoms with van der Waals surface area (Å²) in [5.41, 5.74) is 1.28. The Hall–Kier alpha value is -2.47. The molecule has 6 nitrogen and oxygen atoms in total. The quantitative estimate of drug-likeness (QED) is 0.490. The van der Waals surface area contributed by atoms with Gasteiger partial charge in [0.2, 0.25) is 0 Å². The molecule has 0 amide bonds. The van der Waals surface area contributed by atoms with Crippen molar-refractivity contribution in [1.82, 2.24) is 10.2 Å². The SMILES string of the molecule is CCOCC1CCN(C(=NCCc2ccco2)NCCc2ccc(OC)cc2)C1. The summed E-state index contributed by atoms with van der Waals surface area (Å²) >= 11 is 0. The molecule has 1 atom stereocenters. The number of nitrogens with one attached hydrogen (secondary N) is 1. The van der Waals surface area contributed by atoms with E-state index in [-0.39, 0.29) is 0 Å². The summed E-state index contributed by atoms with van der Waals surface area (Å²) in [4.78, 5) is 7.23. The number of aliphatic imine (C=N–C) groups is 1. The molecule has 3 rings (SSSR count). The van der Waals surface area contributed by atoms with Crippen LogP contribution in [0.25, 0.3) is 0 Å². The van der Waals surface area contributed by atoms with Crippen molar-refractivity contribution < 1.29 is 13.9 Å². The van der Waals surface area contributed by atoms with Crippen LogP contribution in [-0.4, -0.2) is 57.4 Å². The molecule has 0 aliphatic carbocycles. The maximum absolute atomic E-state index is 5.62. The molecule has 1 N–H and O–H groups in total. The molecule has 1 unspecified atom stereocenters. The first-order valence-corrected chi connectivity index (χ1v) is 10.5. The number of benzene rings is 1. The molecule has 1 aliphatic heterocycles. The Morgan fingerprint density at radius 1 is 1.24 bits per heavy atom. The highest BCUT2D eigenvalue weighted by Crippen LogP contribution is 2.17.